The summed E-state index contributed by atoms with van der Waals surface area (Å²) in [7, 11) is 0. The molecule has 0 fully saturated rings. The van der Waals surface area contributed by atoms with Gasteiger partial charge >= 0.3 is 11.9 Å². The third-order valence-corrected chi connectivity index (χ3v) is 3.25. The van der Waals surface area contributed by atoms with Crippen molar-refractivity contribution in [2.75, 3.05) is 13.2 Å². The summed E-state index contributed by atoms with van der Waals surface area (Å²) in [6, 6.07) is 7.74. The highest BCUT2D eigenvalue weighted by molar-refractivity contribution is 5.92. The molecular weight excluding hydrogens is 310 g/mol. The molecule has 0 bridgehead atoms. The van der Waals surface area contributed by atoms with Crippen LogP contribution in [0.1, 0.15) is 37.9 Å². The van der Waals surface area contributed by atoms with Crippen molar-refractivity contribution in [3.63, 3.8) is 0 Å². The first-order valence-corrected chi connectivity index (χ1v) is 7.86. The highest BCUT2D eigenvalue weighted by Gasteiger charge is 2.11. The van der Waals surface area contributed by atoms with Crippen molar-refractivity contribution in [1.82, 2.24) is 5.32 Å². The molecular formula is C18H23NO5. The molecule has 6 nitrogen and oxygen atoms in total. The van der Waals surface area contributed by atoms with Crippen LogP contribution < -0.4 is 5.32 Å². The molecule has 1 rings (SSSR count). The minimum atomic E-state index is -0.779. The quantitative estimate of drug-likeness (QED) is 0.582. The highest BCUT2D eigenvalue weighted by Crippen LogP contribution is 2.13. The Kier molecular flexibility index (Phi) is 8.25. The summed E-state index contributed by atoms with van der Waals surface area (Å²) in [5, 5.41) is 2.74. The van der Waals surface area contributed by atoms with Crippen LogP contribution in [0.5, 0.6) is 0 Å². The summed E-state index contributed by atoms with van der Waals surface area (Å²) >= 11 is 0. The smallest absolute Gasteiger partial charge is 0.331 e. The summed E-state index contributed by atoms with van der Waals surface area (Å²) in [6.07, 6.45) is 2.84. The van der Waals surface area contributed by atoms with E-state index in [1.807, 2.05) is 31.2 Å². The first kappa shape index (κ1) is 19.4. The van der Waals surface area contributed by atoms with Crippen molar-refractivity contribution in [2.45, 2.75) is 33.2 Å². The van der Waals surface area contributed by atoms with Crippen molar-refractivity contribution in [1.29, 1.82) is 0 Å². The van der Waals surface area contributed by atoms with E-state index < -0.39 is 24.5 Å². The molecule has 1 amide bonds. The molecule has 0 aliphatic heterocycles. The second kappa shape index (κ2) is 10.2. The van der Waals surface area contributed by atoms with Gasteiger partial charge < -0.3 is 14.8 Å². The molecule has 0 radical (unpaired) electrons. The fourth-order valence-corrected chi connectivity index (χ4v) is 1.92. The van der Waals surface area contributed by atoms with Crippen molar-refractivity contribution in [3.8, 4) is 0 Å². The summed E-state index contributed by atoms with van der Waals surface area (Å²) in [6.45, 7) is 5.39. The minimum absolute atomic E-state index is 0.197. The van der Waals surface area contributed by atoms with E-state index in [0.717, 1.165) is 24.1 Å². The van der Waals surface area contributed by atoms with Crippen LogP contribution in [0.15, 0.2) is 36.4 Å². The Balaban J connectivity index is 2.39. The predicted octanol–water partition coefficient (Wildman–Crippen LogP) is 2.09. The highest BCUT2D eigenvalue weighted by atomic mass is 16.5. The van der Waals surface area contributed by atoms with E-state index in [-0.39, 0.29) is 12.6 Å². The molecule has 130 valence electrons. The Morgan fingerprint density at radius 3 is 2.17 bits per heavy atom. The molecule has 1 N–H and O–H groups in total. The van der Waals surface area contributed by atoms with Gasteiger partial charge in [-0.25, -0.2) is 9.59 Å². The van der Waals surface area contributed by atoms with E-state index in [2.05, 4.69) is 17.0 Å². The Morgan fingerprint density at radius 2 is 1.62 bits per heavy atom. The zero-order valence-corrected chi connectivity index (χ0v) is 14.2. The van der Waals surface area contributed by atoms with Gasteiger partial charge in [0.15, 0.2) is 6.61 Å². The normalized spacial score (nSPS) is 11.8. The fraction of sp³-hybridized carbons (Fsp3) is 0.389. The summed E-state index contributed by atoms with van der Waals surface area (Å²) in [5.41, 5.74) is 2.19. The number of amides is 1. The molecule has 1 atom stereocenters. The number of ether oxygens (including phenoxy) is 2. The molecule has 0 unspecified atom stereocenters. The monoisotopic (exact) mass is 333 g/mol. The van der Waals surface area contributed by atoms with Gasteiger partial charge in [0.1, 0.15) is 0 Å². The molecule has 0 aliphatic rings. The van der Waals surface area contributed by atoms with Crippen LogP contribution in [-0.2, 0) is 30.3 Å². The number of aryl methyl sites for hydroxylation is 1. The van der Waals surface area contributed by atoms with Crippen LogP contribution in [-0.4, -0.2) is 31.1 Å². The first-order valence-electron chi connectivity index (χ1n) is 7.86. The summed E-state index contributed by atoms with van der Waals surface area (Å²) in [4.78, 5) is 34.2. The van der Waals surface area contributed by atoms with Crippen molar-refractivity contribution < 1.29 is 23.9 Å². The van der Waals surface area contributed by atoms with Gasteiger partial charge in [0.25, 0.3) is 5.91 Å². The Morgan fingerprint density at radius 1 is 1.04 bits per heavy atom. The molecule has 0 saturated carbocycles. The second-order valence-corrected chi connectivity index (χ2v) is 5.08. The molecule has 0 saturated heterocycles. The lowest BCUT2D eigenvalue weighted by atomic mass is 10.1. The number of rotatable bonds is 8. The van der Waals surface area contributed by atoms with Crippen molar-refractivity contribution in [3.05, 3.63) is 47.5 Å². The fourth-order valence-electron chi connectivity index (χ4n) is 1.92. The van der Waals surface area contributed by atoms with Gasteiger partial charge in [-0.05, 0) is 31.4 Å². The lowest BCUT2D eigenvalue weighted by Gasteiger charge is -2.14. The number of carbonyl (C=O) groups is 3. The maximum Gasteiger partial charge on any atom is 0.331 e. The molecule has 6 heteroatoms. The average molecular weight is 333 g/mol. The third kappa shape index (κ3) is 7.09. The SMILES string of the molecule is CCOC(=O)/C=C/C(=O)OCC(=O)N[C@H](C)c1ccc(CC)cc1. The van der Waals surface area contributed by atoms with E-state index in [4.69, 9.17) is 4.74 Å². The van der Waals surface area contributed by atoms with Crippen LogP contribution in [0.3, 0.4) is 0 Å². The van der Waals surface area contributed by atoms with Gasteiger partial charge in [0, 0.05) is 12.2 Å². The number of esters is 2. The van der Waals surface area contributed by atoms with E-state index in [1.165, 1.54) is 5.56 Å². The van der Waals surface area contributed by atoms with Crippen LogP contribution >= 0.6 is 0 Å². The van der Waals surface area contributed by atoms with Crippen molar-refractivity contribution >= 4 is 17.8 Å². The summed E-state index contributed by atoms with van der Waals surface area (Å²) in [5.74, 6) is -1.83. The summed E-state index contributed by atoms with van der Waals surface area (Å²) < 4.78 is 9.38. The van der Waals surface area contributed by atoms with Gasteiger partial charge in [-0.2, -0.15) is 0 Å². The van der Waals surface area contributed by atoms with Gasteiger partial charge in [0.2, 0.25) is 0 Å². The zero-order chi connectivity index (χ0) is 17.9. The van der Waals surface area contributed by atoms with Gasteiger partial charge in [-0.1, -0.05) is 31.2 Å². The first-order chi connectivity index (χ1) is 11.5. The lowest BCUT2D eigenvalue weighted by Crippen LogP contribution is -2.30. The third-order valence-electron chi connectivity index (χ3n) is 3.25. The molecule has 1 aromatic carbocycles. The van der Waals surface area contributed by atoms with Crippen molar-refractivity contribution in [2.24, 2.45) is 0 Å². The van der Waals surface area contributed by atoms with Gasteiger partial charge in [-0.3, -0.25) is 4.79 Å². The largest absolute Gasteiger partial charge is 0.463 e. The van der Waals surface area contributed by atoms with Gasteiger partial charge in [0.05, 0.1) is 12.6 Å². The standard InChI is InChI=1S/C18H23NO5/c1-4-14-6-8-15(9-7-14)13(3)19-16(20)12-24-18(22)11-10-17(21)23-5-2/h6-11,13H,4-5,12H2,1-3H3,(H,19,20)/b11-10+/t13-/m1/s1. The average Bonchev–Trinajstić information content (AvgIpc) is 2.58. The van der Waals surface area contributed by atoms with E-state index in [9.17, 15) is 14.4 Å². The maximum absolute atomic E-state index is 11.8. The number of hydrogen-bond donors (Lipinski definition) is 1. The molecule has 0 aliphatic carbocycles. The molecule has 0 spiro atoms. The number of benzene rings is 1. The number of carbonyl (C=O) groups excluding carboxylic acids is 3. The lowest BCUT2D eigenvalue weighted by molar-refractivity contribution is -0.144. The number of hydrogen-bond acceptors (Lipinski definition) is 5. The maximum atomic E-state index is 11.8. The molecule has 0 aromatic heterocycles. The zero-order valence-electron chi connectivity index (χ0n) is 14.2. The topological polar surface area (TPSA) is 81.7 Å². The minimum Gasteiger partial charge on any atom is -0.463 e. The van der Waals surface area contributed by atoms with Crippen LogP contribution in [0.4, 0.5) is 0 Å². The van der Waals surface area contributed by atoms with E-state index >= 15 is 0 Å². The van der Waals surface area contributed by atoms with Crippen LogP contribution in [0, 0.1) is 0 Å². The predicted molar refractivity (Wildman–Crippen MR) is 89.1 cm³/mol. The molecule has 1 aromatic rings. The van der Waals surface area contributed by atoms with Crippen LogP contribution in [0.2, 0.25) is 0 Å². The second-order valence-electron chi connectivity index (χ2n) is 5.08. The Hall–Kier alpha value is -2.63. The number of nitrogens with one attached hydrogen (secondary N) is 1. The molecule has 0 heterocycles. The van der Waals surface area contributed by atoms with E-state index in [1.54, 1.807) is 6.92 Å². The Labute approximate surface area is 141 Å². The molecule has 24 heavy (non-hydrogen) atoms. The van der Waals surface area contributed by atoms with E-state index in [0.29, 0.717) is 0 Å². The van der Waals surface area contributed by atoms with Gasteiger partial charge in [-0.15, -0.1) is 0 Å². The van der Waals surface area contributed by atoms with Crippen LogP contribution in [0.25, 0.3) is 0 Å². The Bertz CT molecular complexity index is 592.